The van der Waals surface area contributed by atoms with E-state index in [4.69, 9.17) is 4.74 Å². The first-order valence-electron chi connectivity index (χ1n) is 4.61. The van der Waals surface area contributed by atoms with Gasteiger partial charge in [0, 0.05) is 6.08 Å². The standard InChI is InChI=1S/C11H12BrNO2/c1-3-15-10(14)7-6-9-5-4-8(2)11(12)13-9/h4-7H,3H2,1-2H3. The molecule has 1 rings (SSSR count). The molecule has 1 aromatic rings. The monoisotopic (exact) mass is 269 g/mol. The summed E-state index contributed by atoms with van der Waals surface area (Å²) in [6.07, 6.45) is 3.00. The molecule has 0 radical (unpaired) electrons. The zero-order valence-electron chi connectivity index (χ0n) is 8.66. The van der Waals surface area contributed by atoms with Crippen LogP contribution >= 0.6 is 15.9 Å². The molecule has 0 aromatic carbocycles. The van der Waals surface area contributed by atoms with E-state index in [9.17, 15) is 4.79 Å². The normalized spacial score (nSPS) is 10.6. The number of pyridine rings is 1. The van der Waals surface area contributed by atoms with Gasteiger partial charge in [-0.15, -0.1) is 0 Å². The molecule has 0 aliphatic rings. The van der Waals surface area contributed by atoms with Crippen LogP contribution in [0, 0.1) is 6.92 Å². The molecule has 3 nitrogen and oxygen atoms in total. The molecule has 1 heterocycles. The van der Waals surface area contributed by atoms with Gasteiger partial charge in [-0.25, -0.2) is 9.78 Å². The van der Waals surface area contributed by atoms with E-state index in [0.29, 0.717) is 6.61 Å². The number of aromatic nitrogens is 1. The SMILES string of the molecule is CCOC(=O)C=Cc1ccc(C)c(Br)n1. The number of carbonyl (C=O) groups is 1. The van der Waals surface area contributed by atoms with Crippen molar-refractivity contribution in [3.05, 3.63) is 34.1 Å². The van der Waals surface area contributed by atoms with Gasteiger partial charge in [0.2, 0.25) is 0 Å². The second-order valence-corrected chi connectivity index (χ2v) is 3.68. The van der Waals surface area contributed by atoms with Crippen LogP contribution in [0.2, 0.25) is 0 Å². The van der Waals surface area contributed by atoms with Crippen molar-refractivity contribution in [2.24, 2.45) is 0 Å². The fraction of sp³-hybridized carbons (Fsp3) is 0.273. The Labute approximate surface area is 97.3 Å². The van der Waals surface area contributed by atoms with Crippen molar-refractivity contribution in [3.8, 4) is 0 Å². The van der Waals surface area contributed by atoms with Gasteiger partial charge in [0.25, 0.3) is 0 Å². The molecule has 0 atom stereocenters. The average Bonchev–Trinajstić information content (AvgIpc) is 2.20. The predicted molar refractivity (Wildman–Crippen MR) is 62.3 cm³/mol. The van der Waals surface area contributed by atoms with Gasteiger partial charge in [0.1, 0.15) is 4.60 Å². The molecular formula is C11H12BrNO2. The maximum atomic E-state index is 11.0. The number of esters is 1. The Bertz CT molecular complexity index is 388. The summed E-state index contributed by atoms with van der Waals surface area (Å²) in [7, 11) is 0. The van der Waals surface area contributed by atoms with E-state index in [0.717, 1.165) is 15.9 Å². The van der Waals surface area contributed by atoms with Gasteiger partial charge in [-0.3, -0.25) is 0 Å². The molecule has 0 spiro atoms. The first-order valence-corrected chi connectivity index (χ1v) is 5.40. The zero-order valence-corrected chi connectivity index (χ0v) is 10.2. The summed E-state index contributed by atoms with van der Waals surface area (Å²) in [6, 6.07) is 3.78. The minimum Gasteiger partial charge on any atom is -0.463 e. The number of ether oxygens (including phenoxy) is 1. The molecule has 0 N–H and O–H groups in total. The molecule has 0 aliphatic carbocycles. The lowest BCUT2D eigenvalue weighted by Gasteiger charge is -1.98. The molecule has 1 aromatic heterocycles. The molecule has 0 bridgehead atoms. The number of hydrogen-bond donors (Lipinski definition) is 0. The number of halogens is 1. The molecule has 0 amide bonds. The van der Waals surface area contributed by atoms with Crippen molar-refractivity contribution in [2.75, 3.05) is 6.61 Å². The van der Waals surface area contributed by atoms with Crippen LogP contribution in [0.3, 0.4) is 0 Å². The molecule has 0 fully saturated rings. The van der Waals surface area contributed by atoms with Crippen LogP contribution in [0.4, 0.5) is 0 Å². The minimum absolute atomic E-state index is 0.351. The maximum Gasteiger partial charge on any atom is 0.330 e. The third-order valence-corrected chi connectivity index (χ3v) is 2.54. The zero-order chi connectivity index (χ0) is 11.3. The van der Waals surface area contributed by atoms with E-state index in [2.05, 4.69) is 20.9 Å². The number of aryl methyl sites for hydroxylation is 1. The predicted octanol–water partition coefficient (Wildman–Crippen LogP) is 2.73. The highest BCUT2D eigenvalue weighted by atomic mass is 79.9. The Hall–Kier alpha value is -1.16. The van der Waals surface area contributed by atoms with Gasteiger partial charge in [-0.1, -0.05) is 6.07 Å². The molecule has 0 aliphatic heterocycles. The molecule has 80 valence electrons. The topological polar surface area (TPSA) is 39.2 Å². The maximum absolute atomic E-state index is 11.0. The van der Waals surface area contributed by atoms with Crippen LogP contribution in [-0.4, -0.2) is 17.6 Å². The second-order valence-electron chi connectivity index (χ2n) is 2.93. The van der Waals surface area contributed by atoms with E-state index in [1.807, 2.05) is 19.1 Å². The van der Waals surface area contributed by atoms with Gasteiger partial charge in [0.15, 0.2) is 0 Å². The van der Waals surface area contributed by atoms with Crippen molar-refractivity contribution in [1.29, 1.82) is 0 Å². The summed E-state index contributed by atoms with van der Waals surface area (Å²) in [5, 5.41) is 0. The summed E-state index contributed by atoms with van der Waals surface area (Å²) in [5.41, 5.74) is 1.78. The van der Waals surface area contributed by atoms with Crippen molar-refractivity contribution < 1.29 is 9.53 Å². The number of rotatable bonds is 3. The minimum atomic E-state index is -0.351. The van der Waals surface area contributed by atoms with Crippen LogP contribution in [0.25, 0.3) is 6.08 Å². The third kappa shape index (κ3) is 3.83. The molecule has 0 saturated carbocycles. The van der Waals surface area contributed by atoms with Gasteiger partial charge in [-0.05, 0) is 47.5 Å². The molecular weight excluding hydrogens is 258 g/mol. The van der Waals surface area contributed by atoms with Gasteiger partial charge >= 0.3 is 5.97 Å². The van der Waals surface area contributed by atoms with Crippen LogP contribution in [0.5, 0.6) is 0 Å². The highest BCUT2D eigenvalue weighted by molar-refractivity contribution is 9.10. The van der Waals surface area contributed by atoms with Gasteiger partial charge in [-0.2, -0.15) is 0 Å². The summed E-state index contributed by atoms with van der Waals surface area (Å²) < 4.78 is 5.54. The summed E-state index contributed by atoms with van der Waals surface area (Å²) in [5.74, 6) is -0.351. The molecule has 4 heteroatoms. The van der Waals surface area contributed by atoms with Crippen molar-refractivity contribution in [2.45, 2.75) is 13.8 Å². The Morgan fingerprint density at radius 1 is 1.60 bits per heavy atom. The van der Waals surface area contributed by atoms with E-state index < -0.39 is 0 Å². The number of carbonyl (C=O) groups excluding carboxylic acids is 1. The highest BCUT2D eigenvalue weighted by Gasteiger charge is 1.98. The van der Waals surface area contributed by atoms with Crippen LogP contribution in [-0.2, 0) is 9.53 Å². The van der Waals surface area contributed by atoms with Gasteiger partial charge < -0.3 is 4.74 Å². The summed E-state index contributed by atoms with van der Waals surface area (Å²) >= 11 is 3.32. The number of nitrogens with zero attached hydrogens (tertiary/aromatic N) is 1. The Morgan fingerprint density at radius 3 is 2.93 bits per heavy atom. The van der Waals surface area contributed by atoms with Gasteiger partial charge in [0.05, 0.1) is 12.3 Å². The van der Waals surface area contributed by atoms with Crippen molar-refractivity contribution in [1.82, 2.24) is 4.98 Å². The molecule has 0 saturated heterocycles. The van der Waals surface area contributed by atoms with Crippen LogP contribution in [0.1, 0.15) is 18.2 Å². The smallest absolute Gasteiger partial charge is 0.330 e. The highest BCUT2D eigenvalue weighted by Crippen LogP contribution is 2.13. The average molecular weight is 270 g/mol. The third-order valence-electron chi connectivity index (χ3n) is 1.73. The van der Waals surface area contributed by atoms with Crippen LogP contribution in [0.15, 0.2) is 22.8 Å². The summed E-state index contributed by atoms with van der Waals surface area (Å²) in [6.45, 7) is 4.11. The van der Waals surface area contributed by atoms with E-state index in [-0.39, 0.29) is 5.97 Å². The fourth-order valence-corrected chi connectivity index (χ4v) is 1.29. The Kier molecular flexibility index (Phi) is 4.49. The quantitative estimate of drug-likeness (QED) is 0.481. The number of hydrogen-bond acceptors (Lipinski definition) is 3. The molecule has 0 unspecified atom stereocenters. The first kappa shape index (κ1) is 11.9. The Morgan fingerprint density at radius 2 is 2.33 bits per heavy atom. The lowest BCUT2D eigenvalue weighted by Crippen LogP contribution is -1.98. The van der Waals surface area contributed by atoms with E-state index in [1.165, 1.54) is 6.08 Å². The lowest BCUT2D eigenvalue weighted by molar-refractivity contribution is -0.137. The first-order chi connectivity index (χ1) is 7.13. The Balaban J connectivity index is 2.72. The van der Waals surface area contributed by atoms with Crippen molar-refractivity contribution >= 4 is 28.0 Å². The fourth-order valence-electron chi connectivity index (χ4n) is 0.955. The molecule has 15 heavy (non-hydrogen) atoms. The largest absolute Gasteiger partial charge is 0.463 e. The van der Waals surface area contributed by atoms with Crippen molar-refractivity contribution in [3.63, 3.8) is 0 Å². The second kappa shape index (κ2) is 5.66. The van der Waals surface area contributed by atoms with Crippen LogP contribution < -0.4 is 0 Å². The lowest BCUT2D eigenvalue weighted by atomic mass is 10.2. The van der Waals surface area contributed by atoms with E-state index >= 15 is 0 Å². The summed E-state index contributed by atoms with van der Waals surface area (Å²) in [4.78, 5) is 15.2. The van der Waals surface area contributed by atoms with E-state index in [1.54, 1.807) is 13.0 Å².